The minimum atomic E-state index is -0.296. The van der Waals surface area contributed by atoms with Crippen LogP contribution >= 0.6 is 0 Å². The normalized spacial score (nSPS) is 11.9. The Hall–Kier alpha value is -2.58. The SMILES string of the molecule is OCOc1ccc(-c2cccc3c2Cc2ccccc2-3)cc1. The van der Waals surface area contributed by atoms with Crippen molar-refractivity contribution in [3.8, 4) is 28.0 Å². The summed E-state index contributed by atoms with van der Waals surface area (Å²) in [5.74, 6) is 0.683. The number of hydrogen-bond acceptors (Lipinski definition) is 2. The van der Waals surface area contributed by atoms with Crippen LogP contribution in [-0.4, -0.2) is 11.9 Å². The Morgan fingerprint density at radius 1 is 0.773 bits per heavy atom. The molecule has 0 saturated carbocycles. The molecule has 0 radical (unpaired) electrons. The van der Waals surface area contributed by atoms with E-state index in [0.29, 0.717) is 5.75 Å². The monoisotopic (exact) mass is 288 g/mol. The van der Waals surface area contributed by atoms with Gasteiger partial charge >= 0.3 is 0 Å². The molecule has 1 aliphatic rings. The average molecular weight is 288 g/mol. The summed E-state index contributed by atoms with van der Waals surface area (Å²) in [5, 5.41) is 8.81. The van der Waals surface area contributed by atoms with Crippen LogP contribution in [0, 0.1) is 0 Å². The summed E-state index contributed by atoms with van der Waals surface area (Å²) in [6.07, 6.45) is 0.983. The van der Waals surface area contributed by atoms with Crippen molar-refractivity contribution in [2.24, 2.45) is 0 Å². The van der Waals surface area contributed by atoms with Crippen molar-refractivity contribution < 1.29 is 9.84 Å². The van der Waals surface area contributed by atoms with Crippen molar-refractivity contribution in [1.29, 1.82) is 0 Å². The molecular weight excluding hydrogens is 272 g/mol. The number of hydrogen-bond donors (Lipinski definition) is 1. The van der Waals surface area contributed by atoms with Gasteiger partial charge in [0.05, 0.1) is 0 Å². The number of ether oxygens (including phenoxy) is 1. The molecular formula is C20H16O2. The van der Waals surface area contributed by atoms with E-state index >= 15 is 0 Å². The Balaban J connectivity index is 1.79. The fraction of sp³-hybridized carbons (Fsp3) is 0.100. The minimum absolute atomic E-state index is 0.296. The molecule has 4 rings (SSSR count). The highest BCUT2D eigenvalue weighted by Gasteiger charge is 2.20. The van der Waals surface area contributed by atoms with Crippen molar-refractivity contribution in [3.05, 3.63) is 77.9 Å². The molecule has 0 aliphatic heterocycles. The van der Waals surface area contributed by atoms with E-state index < -0.39 is 0 Å². The van der Waals surface area contributed by atoms with Crippen molar-refractivity contribution in [2.45, 2.75) is 6.42 Å². The van der Waals surface area contributed by atoms with Gasteiger partial charge in [-0.1, -0.05) is 54.6 Å². The predicted octanol–water partition coefficient (Wildman–Crippen LogP) is 4.25. The molecule has 0 aromatic heterocycles. The largest absolute Gasteiger partial charge is 0.468 e. The van der Waals surface area contributed by atoms with Crippen LogP contribution in [0.5, 0.6) is 5.75 Å². The molecule has 0 heterocycles. The lowest BCUT2D eigenvalue weighted by Gasteiger charge is -2.10. The maximum Gasteiger partial charge on any atom is 0.186 e. The second kappa shape index (κ2) is 5.32. The van der Waals surface area contributed by atoms with Crippen molar-refractivity contribution in [2.75, 3.05) is 6.79 Å². The first kappa shape index (κ1) is 13.1. The second-order valence-corrected chi connectivity index (χ2v) is 5.46. The molecule has 0 fully saturated rings. The Labute approximate surface area is 129 Å². The quantitative estimate of drug-likeness (QED) is 0.571. The van der Waals surface area contributed by atoms with Gasteiger partial charge in [-0.05, 0) is 51.9 Å². The topological polar surface area (TPSA) is 29.5 Å². The van der Waals surface area contributed by atoms with E-state index in [4.69, 9.17) is 9.84 Å². The summed E-state index contributed by atoms with van der Waals surface area (Å²) in [5.41, 5.74) is 7.91. The Morgan fingerprint density at radius 3 is 2.32 bits per heavy atom. The molecule has 0 bridgehead atoms. The van der Waals surface area contributed by atoms with Crippen molar-refractivity contribution >= 4 is 0 Å². The minimum Gasteiger partial charge on any atom is -0.468 e. The molecule has 3 aromatic rings. The van der Waals surface area contributed by atoms with Crippen LogP contribution in [0.4, 0.5) is 0 Å². The molecule has 0 spiro atoms. The van der Waals surface area contributed by atoms with Gasteiger partial charge in [0.2, 0.25) is 0 Å². The highest BCUT2D eigenvalue weighted by molar-refractivity contribution is 5.84. The lowest BCUT2D eigenvalue weighted by Crippen LogP contribution is -1.94. The van der Waals surface area contributed by atoms with E-state index in [2.05, 4.69) is 42.5 Å². The third kappa shape index (κ3) is 2.09. The van der Waals surface area contributed by atoms with Crippen LogP contribution in [-0.2, 0) is 6.42 Å². The van der Waals surface area contributed by atoms with Gasteiger partial charge in [0.25, 0.3) is 0 Å². The van der Waals surface area contributed by atoms with E-state index in [0.717, 1.165) is 6.42 Å². The molecule has 1 N–H and O–H groups in total. The van der Waals surface area contributed by atoms with E-state index in [9.17, 15) is 0 Å². The van der Waals surface area contributed by atoms with Gasteiger partial charge in [-0.25, -0.2) is 0 Å². The summed E-state index contributed by atoms with van der Waals surface area (Å²) < 4.78 is 5.10. The zero-order chi connectivity index (χ0) is 14.9. The van der Waals surface area contributed by atoms with Gasteiger partial charge in [-0.3, -0.25) is 0 Å². The molecule has 3 aromatic carbocycles. The Bertz CT molecular complexity index is 819. The average Bonchev–Trinajstić information content (AvgIpc) is 2.95. The molecule has 0 unspecified atom stereocenters. The highest BCUT2D eigenvalue weighted by Crippen LogP contribution is 2.41. The standard InChI is InChI=1S/C20H16O2/c21-13-22-16-10-8-14(9-11-16)17-6-3-7-19-18-5-2-1-4-15(18)12-20(17)19/h1-11,21H,12-13H2. The number of fused-ring (bicyclic) bond motifs is 3. The Kier molecular flexibility index (Phi) is 3.17. The number of benzene rings is 3. The van der Waals surface area contributed by atoms with Crippen LogP contribution in [0.3, 0.4) is 0 Å². The van der Waals surface area contributed by atoms with Crippen molar-refractivity contribution in [3.63, 3.8) is 0 Å². The van der Waals surface area contributed by atoms with Gasteiger partial charge in [0, 0.05) is 0 Å². The first-order chi connectivity index (χ1) is 10.9. The number of aliphatic hydroxyl groups excluding tert-OH is 1. The predicted molar refractivity (Wildman–Crippen MR) is 87.8 cm³/mol. The second-order valence-electron chi connectivity index (χ2n) is 5.46. The zero-order valence-electron chi connectivity index (χ0n) is 12.1. The van der Waals surface area contributed by atoms with Crippen LogP contribution in [0.25, 0.3) is 22.3 Å². The highest BCUT2D eigenvalue weighted by atomic mass is 16.6. The molecule has 2 nitrogen and oxygen atoms in total. The third-order valence-electron chi connectivity index (χ3n) is 4.25. The van der Waals surface area contributed by atoms with E-state index in [-0.39, 0.29) is 6.79 Å². The summed E-state index contributed by atoms with van der Waals surface area (Å²) in [7, 11) is 0. The van der Waals surface area contributed by atoms with Gasteiger partial charge in [0.15, 0.2) is 6.79 Å². The molecule has 0 saturated heterocycles. The molecule has 0 atom stereocenters. The van der Waals surface area contributed by atoms with Gasteiger partial charge in [-0.2, -0.15) is 0 Å². The zero-order valence-corrected chi connectivity index (χ0v) is 12.1. The van der Waals surface area contributed by atoms with Crippen LogP contribution < -0.4 is 4.74 Å². The maximum atomic E-state index is 8.81. The van der Waals surface area contributed by atoms with E-state index in [1.165, 1.54) is 33.4 Å². The molecule has 108 valence electrons. The first-order valence-electron chi connectivity index (χ1n) is 7.41. The van der Waals surface area contributed by atoms with E-state index in [1.54, 1.807) is 0 Å². The Morgan fingerprint density at radius 2 is 1.50 bits per heavy atom. The van der Waals surface area contributed by atoms with Crippen LogP contribution in [0.1, 0.15) is 11.1 Å². The van der Waals surface area contributed by atoms with Gasteiger partial charge < -0.3 is 9.84 Å². The third-order valence-corrected chi connectivity index (χ3v) is 4.25. The van der Waals surface area contributed by atoms with Gasteiger partial charge in [-0.15, -0.1) is 0 Å². The summed E-state index contributed by atoms with van der Waals surface area (Å²) >= 11 is 0. The fourth-order valence-corrected chi connectivity index (χ4v) is 3.23. The van der Waals surface area contributed by atoms with Gasteiger partial charge in [0.1, 0.15) is 5.75 Å². The van der Waals surface area contributed by atoms with E-state index in [1.807, 2.05) is 24.3 Å². The lowest BCUT2D eigenvalue weighted by atomic mass is 9.96. The smallest absolute Gasteiger partial charge is 0.186 e. The van der Waals surface area contributed by atoms with Crippen LogP contribution in [0.15, 0.2) is 66.7 Å². The first-order valence-corrected chi connectivity index (χ1v) is 7.41. The summed E-state index contributed by atoms with van der Waals surface area (Å²) in [6.45, 7) is -0.296. The maximum absolute atomic E-state index is 8.81. The van der Waals surface area contributed by atoms with Crippen LogP contribution in [0.2, 0.25) is 0 Å². The molecule has 2 heteroatoms. The lowest BCUT2D eigenvalue weighted by molar-refractivity contribution is 0.0985. The fourth-order valence-electron chi connectivity index (χ4n) is 3.23. The summed E-state index contributed by atoms with van der Waals surface area (Å²) in [4.78, 5) is 0. The molecule has 1 aliphatic carbocycles. The number of aliphatic hydroxyl groups is 1. The molecule has 22 heavy (non-hydrogen) atoms. The van der Waals surface area contributed by atoms with Crippen molar-refractivity contribution in [1.82, 2.24) is 0 Å². The summed E-state index contributed by atoms with van der Waals surface area (Å²) in [6, 6.07) is 23.0. The number of rotatable bonds is 3. The molecule has 0 amide bonds.